The molecule has 1 aromatic heterocycles. The van der Waals surface area contributed by atoms with Gasteiger partial charge in [0, 0.05) is 19.0 Å². The molecule has 1 N–H and O–H groups in total. The molecule has 116 valence electrons. The van der Waals surface area contributed by atoms with Crippen molar-refractivity contribution in [3.05, 3.63) is 16.4 Å². The quantitative estimate of drug-likeness (QED) is 0.740. The smallest absolute Gasteiger partial charge is 0.0847 e. The number of halogens is 1. The normalized spacial score (nSPS) is 13.2. The predicted molar refractivity (Wildman–Crippen MR) is 87.5 cm³/mol. The van der Waals surface area contributed by atoms with Gasteiger partial charge in [0.1, 0.15) is 0 Å². The molecule has 0 bridgehead atoms. The summed E-state index contributed by atoms with van der Waals surface area (Å²) in [6, 6.07) is 0.497. The van der Waals surface area contributed by atoms with Gasteiger partial charge >= 0.3 is 0 Å². The molecule has 0 fully saturated rings. The Kier molecular flexibility index (Phi) is 7.60. The van der Waals surface area contributed by atoms with Crippen LogP contribution in [0.25, 0.3) is 0 Å². The zero-order valence-corrected chi connectivity index (χ0v) is 14.4. The van der Waals surface area contributed by atoms with Gasteiger partial charge in [-0.3, -0.25) is 4.68 Å². The number of aromatic nitrogens is 2. The summed E-state index contributed by atoms with van der Waals surface area (Å²) >= 11 is 6.42. The van der Waals surface area contributed by atoms with E-state index in [4.69, 9.17) is 11.6 Å². The summed E-state index contributed by atoms with van der Waals surface area (Å²) in [5, 5.41) is 9.02. The Hall–Kier alpha value is -0.540. The fourth-order valence-corrected chi connectivity index (χ4v) is 2.67. The number of nitrogens with one attached hydrogen (secondary N) is 1. The second kappa shape index (κ2) is 8.68. The number of rotatable bonds is 9. The van der Waals surface area contributed by atoms with E-state index in [0.717, 1.165) is 42.6 Å². The fourth-order valence-electron chi connectivity index (χ4n) is 2.46. The molecular weight excluding hydrogens is 270 g/mol. The molecule has 0 aromatic carbocycles. The molecule has 1 aromatic rings. The van der Waals surface area contributed by atoms with Gasteiger partial charge in [-0.05, 0) is 45.6 Å². The van der Waals surface area contributed by atoms with Gasteiger partial charge in [0.25, 0.3) is 0 Å². The van der Waals surface area contributed by atoms with Crippen LogP contribution in [-0.4, -0.2) is 22.4 Å². The van der Waals surface area contributed by atoms with Crippen molar-refractivity contribution in [3.63, 3.8) is 0 Å². The topological polar surface area (TPSA) is 29.9 Å². The first kappa shape index (κ1) is 17.5. The van der Waals surface area contributed by atoms with Gasteiger partial charge in [-0.15, -0.1) is 0 Å². The highest BCUT2D eigenvalue weighted by Gasteiger charge is 2.17. The maximum atomic E-state index is 6.42. The molecule has 1 rings (SSSR count). The first-order chi connectivity index (χ1) is 9.49. The van der Waals surface area contributed by atoms with Crippen LogP contribution in [0.1, 0.15) is 58.3 Å². The van der Waals surface area contributed by atoms with Crippen molar-refractivity contribution in [3.8, 4) is 0 Å². The highest BCUT2D eigenvalue weighted by molar-refractivity contribution is 6.31. The van der Waals surface area contributed by atoms with E-state index < -0.39 is 0 Å². The molecule has 0 aliphatic rings. The van der Waals surface area contributed by atoms with Crippen molar-refractivity contribution in [2.45, 2.75) is 72.9 Å². The van der Waals surface area contributed by atoms with E-state index in [9.17, 15) is 0 Å². The summed E-state index contributed by atoms with van der Waals surface area (Å²) in [6.07, 6.45) is 4.58. The number of hydrogen-bond donors (Lipinski definition) is 1. The first-order valence-electron chi connectivity index (χ1n) is 7.94. The van der Waals surface area contributed by atoms with Crippen LogP contribution >= 0.6 is 11.6 Å². The van der Waals surface area contributed by atoms with Crippen LogP contribution in [0.3, 0.4) is 0 Å². The van der Waals surface area contributed by atoms with Gasteiger partial charge in [0.05, 0.1) is 16.4 Å². The van der Waals surface area contributed by atoms with Crippen molar-refractivity contribution < 1.29 is 0 Å². The van der Waals surface area contributed by atoms with E-state index in [1.54, 1.807) is 0 Å². The molecule has 0 aliphatic heterocycles. The molecule has 0 saturated carbocycles. The number of hydrogen-bond acceptors (Lipinski definition) is 2. The Morgan fingerprint density at radius 2 is 1.95 bits per heavy atom. The zero-order valence-electron chi connectivity index (χ0n) is 13.7. The molecule has 4 heteroatoms. The van der Waals surface area contributed by atoms with E-state index in [-0.39, 0.29) is 0 Å². The Morgan fingerprint density at radius 3 is 2.50 bits per heavy atom. The van der Waals surface area contributed by atoms with Crippen LogP contribution in [0.15, 0.2) is 0 Å². The minimum atomic E-state index is 0.497. The van der Waals surface area contributed by atoms with Crippen LogP contribution in [0.5, 0.6) is 0 Å². The van der Waals surface area contributed by atoms with Crippen molar-refractivity contribution in [1.82, 2.24) is 15.1 Å². The Bertz CT molecular complexity index is 399. The third kappa shape index (κ3) is 5.10. The molecule has 0 amide bonds. The van der Waals surface area contributed by atoms with Crippen molar-refractivity contribution >= 4 is 11.6 Å². The lowest BCUT2D eigenvalue weighted by molar-refractivity contribution is 0.418. The van der Waals surface area contributed by atoms with E-state index in [1.807, 2.05) is 11.6 Å². The molecule has 1 atom stereocenters. The average Bonchev–Trinajstić information content (AvgIpc) is 2.68. The molecule has 0 spiro atoms. The monoisotopic (exact) mass is 299 g/mol. The van der Waals surface area contributed by atoms with Gasteiger partial charge in [-0.25, -0.2) is 0 Å². The lowest BCUT2D eigenvalue weighted by atomic mass is 9.99. The van der Waals surface area contributed by atoms with Crippen LogP contribution in [0, 0.1) is 12.8 Å². The fraction of sp³-hybridized carbons (Fsp3) is 0.812. The number of aryl methyl sites for hydroxylation is 2. The molecule has 0 aliphatic carbocycles. The van der Waals surface area contributed by atoms with E-state index >= 15 is 0 Å². The third-order valence-corrected chi connectivity index (χ3v) is 4.16. The van der Waals surface area contributed by atoms with Gasteiger partial charge in [0.15, 0.2) is 0 Å². The summed E-state index contributed by atoms with van der Waals surface area (Å²) in [5.74, 6) is 0.745. The van der Waals surface area contributed by atoms with Crippen LogP contribution in [0.4, 0.5) is 0 Å². The molecule has 0 radical (unpaired) electrons. The minimum Gasteiger partial charge on any atom is -0.314 e. The SMILES string of the molecule is CCCNC(CCC(C)C)Cc1c(Cl)c(C)nn1CC. The molecular formula is C16H30ClN3. The van der Waals surface area contributed by atoms with Crippen LogP contribution in [0.2, 0.25) is 5.02 Å². The number of nitrogens with zero attached hydrogens (tertiary/aromatic N) is 2. The van der Waals surface area contributed by atoms with Crippen molar-refractivity contribution in [2.75, 3.05) is 6.54 Å². The highest BCUT2D eigenvalue weighted by Crippen LogP contribution is 2.23. The van der Waals surface area contributed by atoms with Crippen molar-refractivity contribution in [2.24, 2.45) is 5.92 Å². The largest absolute Gasteiger partial charge is 0.314 e. The highest BCUT2D eigenvalue weighted by atomic mass is 35.5. The van der Waals surface area contributed by atoms with E-state index in [2.05, 4.69) is 38.1 Å². The Labute approximate surface area is 129 Å². The molecule has 1 unspecified atom stereocenters. The second-order valence-corrected chi connectivity index (χ2v) is 6.37. The predicted octanol–water partition coefficient (Wildman–Crippen LogP) is 4.21. The van der Waals surface area contributed by atoms with Gasteiger partial charge < -0.3 is 5.32 Å². The third-order valence-electron chi connectivity index (χ3n) is 3.67. The van der Waals surface area contributed by atoms with Crippen LogP contribution < -0.4 is 5.32 Å². The van der Waals surface area contributed by atoms with E-state index in [0.29, 0.717) is 6.04 Å². The van der Waals surface area contributed by atoms with Gasteiger partial charge in [-0.1, -0.05) is 32.4 Å². The molecule has 0 saturated heterocycles. The van der Waals surface area contributed by atoms with E-state index in [1.165, 1.54) is 18.5 Å². The second-order valence-electron chi connectivity index (χ2n) is 5.99. The van der Waals surface area contributed by atoms with Crippen LogP contribution in [-0.2, 0) is 13.0 Å². The molecule has 3 nitrogen and oxygen atoms in total. The summed E-state index contributed by atoms with van der Waals surface area (Å²) in [4.78, 5) is 0. The first-order valence-corrected chi connectivity index (χ1v) is 8.32. The molecule has 20 heavy (non-hydrogen) atoms. The van der Waals surface area contributed by atoms with Gasteiger partial charge in [-0.2, -0.15) is 5.10 Å². The lowest BCUT2D eigenvalue weighted by Gasteiger charge is -2.20. The zero-order chi connectivity index (χ0) is 15.1. The maximum Gasteiger partial charge on any atom is 0.0847 e. The Balaban J connectivity index is 2.77. The average molecular weight is 300 g/mol. The van der Waals surface area contributed by atoms with Crippen molar-refractivity contribution in [1.29, 1.82) is 0 Å². The molecule has 1 heterocycles. The maximum absolute atomic E-state index is 6.42. The summed E-state index contributed by atoms with van der Waals surface area (Å²) in [6.45, 7) is 12.8. The Morgan fingerprint density at radius 1 is 1.25 bits per heavy atom. The summed E-state index contributed by atoms with van der Waals surface area (Å²) in [7, 11) is 0. The summed E-state index contributed by atoms with van der Waals surface area (Å²) in [5.41, 5.74) is 2.13. The summed E-state index contributed by atoms with van der Waals surface area (Å²) < 4.78 is 2.05. The van der Waals surface area contributed by atoms with Gasteiger partial charge in [0.2, 0.25) is 0 Å². The lowest BCUT2D eigenvalue weighted by Crippen LogP contribution is -2.33. The standard InChI is InChI=1S/C16H30ClN3/c1-6-10-18-14(9-8-12(3)4)11-15-16(17)13(5)19-20(15)7-2/h12,14,18H,6-11H2,1-5H3. The minimum absolute atomic E-state index is 0.497.